The predicted octanol–water partition coefficient (Wildman–Crippen LogP) is 11.5. The number of carbonyl (C=O) groups is 5. The van der Waals surface area contributed by atoms with Crippen LogP contribution < -0.4 is 54.0 Å². The molecule has 0 radical (unpaired) electrons. The average molecular weight is 1670 g/mol. The Bertz CT molecular complexity index is 4880. The summed E-state index contributed by atoms with van der Waals surface area (Å²) in [6.07, 6.45) is 9.71. The van der Waals surface area contributed by atoms with Crippen LogP contribution in [-0.4, -0.2) is 210 Å². The van der Waals surface area contributed by atoms with Crippen LogP contribution in [-0.2, 0) is 45.4 Å². The summed E-state index contributed by atoms with van der Waals surface area (Å²) in [7, 11) is 4.04. The number of aromatic nitrogens is 8. The SMILES string of the molecule is CC(C)(C)c1ccc(NC(=O)NCC2(C=O)CC2)cc1.CC(C)(C)c1ccc(NC(=O)NCC2(CO)CC2)cc1.CN(C[C@H]1O[C@@H](n2cnc3c(N)ncnc32)[C@@H]2OC(C)(C)O[C@@H]21)CC1(CNC(=O)Nc2ccc(C(C)(C)C)cc2)CC1.CN(C[C@H]1O[C@@H](n2cnc3c(N)ncnc32)[C@H](O)[C@@H]1O)CC1(CNC(=O)Nc2ccc(C(C)(C)C)cc2)CC1. The van der Waals surface area contributed by atoms with Gasteiger partial charge < -0.3 is 103 Å². The normalized spacial score (nSPS) is 22.3. The Hall–Kier alpha value is -10.0. The van der Waals surface area contributed by atoms with Gasteiger partial charge in [-0.25, -0.2) is 49.1 Å². The molecule has 8 aromatic rings. The van der Waals surface area contributed by atoms with E-state index in [1.54, 1.807) is 10.9 Å². The molecule has 0 spiro atoms. The summed E-state index contributed by atoms with van der Waals surface area (Å²) in [5, 5.41) is 53.8. The van der Waals surface area contributed by atoms with Crippen LogP contribution in [0.2, 0.25) is 0 Å². The van der Waals surface area contributed by atoms with Gasteiger partial charge in [0.25, 0.3) is 0 Å². The van der Waals surface area contributed by atoms with Gasteiger partial charge in [-0.1, -0.05) is 132 Å². The highest BCUT2D eigenvalue weighted by Crippen LogP contribution is 2.49. The molecule has 4 aliphatic carbocycles. The summed E-state index contributed by atoms with van der Waals surface area (Å²) in [5.41, 5.74) is 21.8. The molecule has 3 saturated heterocycles. The lowest BCUT2D eigenvalue weighted by atomic mass is 9.87. The lowest BCUT2D eigenvalue weighted by Crippen LogP contribution is -2.43. The summed E-state index contributed by atoms with van der Waals surface area (Å²) in [6.45, 7) is 34.6. The van der Waals surface area contributed by atoms with Gasteiger partial charge in [0.05, 0.1) is 19.3 Å². The van der Waals surface area contributed by atoms with Crippen molar-refractivity contribution >= 4 is 87.1 Å². The van der Waals surface area contributed by atoms with E-state index in [0.717, 1.165) is 93.5 Å². The molecule has 15 N–H and O–H groups in total. The highest BCUT2D eigenvalue weighted by atomic mass is 16.8. The molecular weight excluding hydrogens is 1540 g/mol. The van der Waals surface area contributed by atoms with Crippen molar-refractivity contribution in [3.63, 3.8) is 0 Å². The largest absolute Gasteiger partial charge is 0.396 e. The third-order valence-electron chi connectivity index (χ3n) is 23.8. The van der Waals surface area contributed by atoms with Crippen LogP contribution in [0.25, 0.3) is 22.3 Å². The van der Waals surface area contributed by atoms with E-state index in [-0.39, 0.29) is 98.2 Å². The molecule has 0 bridgehead atoms. The third kappa shape index (κ3) is 23.4. The monoisotopic (exact) mass is 1670 g/mol. The van der Waals surface area contributed by atoms with E-state index in [1.807, 2.05) is 110 Å². The van der Waals surface area contributed by atoms with Gasteiger partial charge in [0, 0.05) is 96.8 Å². The molecule has 32 nitrogen and oxygen atoms in total. The number of urea groups is 4. The number of aliphatic hydroxyl groups is 3. The summed E-state index contributed by atoms with van der Waals surface area (Å²) in [6, 6.07) is 30.8. The fourth-order valence-corrected chi connectivity index (χ4v) is 15.3. The van der Waals surface area contributed by atoms with Crippen molar-refractivity contribution in [2.75, 3.05) is 106 Å². The Morgan fingerprint density at radius 3 is 1.13 bits per heavy atom. The van der Waals surface area contributed by atoms with Gasteiger partial charge in [0.2, 0.25) is 0 Å². The number of rotatable bonds is 24. The van der Waals surface area contributed by atoms with Gasteiger partial charge in [-0.2, -0.15) is 0 Å². The second kappa shape index (κ2) is 36.2. The molecule has 0 unspecified atom stereocenters. The van der Waals surface area contributed by atoms with E-state index in [0.29, 0.717) is 67.4 Å². The topological polar surface area (TPSA) is 425 Å². The minimum atomic E-state index is -1.16. The third-order valence-corrected chi connectivity index (χ3v) is 23.8. The molecule has 15 rings (SSSR count). The molecule has 7 fully saturated rings. The maximum absolute atomic E-state index is 12.7. The average Bonchev–Trinajstić information content (AvgIpc) is 1.60. The first-order valence-electron chi connectivity index (χ1n) is 41.9. The predicted molar refractivity (Wildman–Crippen MR) is 467 cm³/mol. The minimum absolute atomic E-state index is 0.0290. The van der Waals surface area contributed by atoms with Crippen LogP contribution in [0.1, 0.15) is 183 Å². The summed E-state index contributed by atoms with van der Waals surface area (Å²) in [4.78, 5) is 89.1. The van der Waals surface area contributed by atoms with E-state index in [2.05, 4.69) is 185 Å². The first-order valence-corrected chi connectivity index (χ1v) is 41.9. The van der Waals surface area contributed by atoms with Gasteiger partial charge >= 0.3 is 24.1 Å². The molecule has 8 amide bonds. The first-order chi connectivity index (χ1) is 57.0. The molecule has 4 aromatic heterocycles. The Kier molecular flexibility index (Phi) is 27.0. The van der Waals surface area contributed by atoms with Gasteiger partial charge in [-0.3, -0.25) is 9.13 Å². The van der Waals surface area contributed by atoms with Crippen molar-refractivity contribution in [3.8, 4) is 0 Å². The smallest absolute Gasteiger partial charge is 0.319 e. The zero-order chi connectivity index (χ0) is 87.4. The number of anilines is 6. The van der Waals surface area contributed by atoms with Crippen LogP contribution in [0.5, 0.6) is 0 Å². The van der Waals surface area contributed by atoms with E-state index in [1.165, 1.54) is 41.2 Å². The minimum Gasteiger partial charge on any atom is -0.396 e. The number of benzene rings is 4. The number of hydrogen-bond donors (Lipinski definition) is 13. The second-order valence-corrected chi connectivity index (χ2v) is 38.9. The zero-order valence-electron chi connectivity index (χ0n) is 72.9. The summed E-state index contributed by atoms with van der Waals surface area (Å²) < 4.78 is 28.7. The number of likely N-dealkylation sites (N-methyl/N-ethyl adjacent to an activating group) is 2. The maximum atomic E-state index is 12.7. The van der Waals surface area contributed by atoms with Crippen LogP contribution in [0, 0.1) is 21.7 Å². The zero-order valence-corrected chi connectivity index (χ0v) is 72.9. The summed E-state index contributed by atoms with van der Waals surface area (Å²) >= 11 is 0. The highest BCUT2D eigenvalue weighted by Gasteiger charge is 2.57. The number of amides is 8. The number of nitrogen functional groups attached to an aromatic ring is 2. The second-order valence-electron chi connectivity index (χ2n) is 38.9. The van der Waals surface area contributed by atoms with Crippen molar-refractivity contribution < 1.29 is 58.2 Å². The van der Waals surface area contributed by atoms with E-state index in [9.17, 15) is 39.3 Å². The Morgan fingerprint density at radius 2 is 0.793 bits per heavy atom. The van der Waals surface area contributed by atoms with Crippen molar-refractivity contribution in [2.24, 2.45) is 21.7 Å². The standard InChI is InChI=1S/C30H42N8O4.C27H38N8O4.C16H24N2O2.C16H22N2O2/c1-28(2,3)18-7-9-19(10-8-18)36-27(39)32-14-30(11-12-30)15-37(6)13-20-22-23(42-29(4,5)41-22)26(40-20)38-17-35-21-24(31)33-16-34-25(21)38;1-26(2,3)16-5-7-17(8-6-16)33-25(38)29-12-27(9-10-27)13-34(4)11-18-20(36)21(37)24(39-18)35-15-32-19-22(28)30-14-31-23(19)35;2*1-15(2,3)12-4-6-13(7-5-12)18-14(20)17-10-16(11-19)8-9-16/h7-10,16-17,20,22-23,26H,11-15H2,1-6H3,(H2,31,33,34)(H2,32,36,39);5-8,14-15,18,20-21,24,36-37H,9-13H2,1-4H3,(H2,28,30,31)(H2,29,33,38);4-7,19H,8-11H2,1-3H3,(H2,17,18,20);4-7,11H,8-10H2,1-3H3,(H2,17,18,20)/t20-,22-,23-,26-;18-,20-,21-,24-;;/m11../s1. The van der Waals surface area contributed by atoms with Crippen molar-refractivity contribution in [2.45, 2.75) is 225 Å². The van der Waals surface area contributed by atoms with Crippen LogP contribution >= 0.6 is 0 Å². The molecule has 32 heteroatoms. The Balaban J connectivity index is 0.000000156. The van der Waals surface area contributed by atoms with Gasteiger partial charge in [0.1, 0.15) is 66.6 Å². The molecule has 3 aliphatic heterocycles. The van der Waals surface area contributed by atoms with E-state index >= 15 is 0 Å². The van der Waals surface area contributed by atoms with Gasteiger partial charge in [0.15, 0.2) is 41.2 Å². The Morgan fingerprint density at radius 1 is 0.463 bits per heavy atom. The fraction of sp³-hybridized carbons (Fsp3) is 0.562. The Labute approximate surface area is 709 Å². The molecule has 121 heavy (non-hydrogen) atoms. The molecule has 7 heterocycles. The highest BCUT2D eigenvalue weighted by molar-refractivity contribution is 5.91. The number of aliphatic hydroxyl groups excluding tert-OH is 3. The lowest BCUT2D eigenvalue weighted by molar-refractivity contribution is -0.197. The number of nitrogens with zero attached hydrogens (tertiary/aromatic N) is 10. The molecule has 4 saturated carbocycles. The number of hydrogen-bond acceptors (Lipinski definition) is 22. The number of nitrogens with one attached hydrogen (secondary N) is 8. The van der Waals surface area contributed by atoms with Crippen molar-refractivity contribution in [1.29, 1.82) is 0 Å². The number of fused-ring (bicyclic) bond motifs is 3. The van der Waals surface area contributed by atoms with Crippen molar-refractivity contribution in [3.05, 3.63) is 145 Å². The molecule has 8 atom stereocenters. The first kappa shape index (κ1) is 90.2. The molecule has 654 valence electrons. The number of aldehydes is 1. The van der Waals surface area contributed by atoms with Gasteiger partial charge in [-0.15, -0.1) is 0 Å². The fourth-order valence-electron chi connectivity index (χ4n) is 15.3. The van der Waals surface area contributed by atoms with Crippen molar-refractivity contribution in [1.82, 2.24) is 70.1 Å². The quantitative estimate of drug-likeness (QED) is 0.0250. The molecular formula is C89H126N20O12. The molecule has 4 aromatic carbocycles. The van der Waals surface area contributed by atoms with Crippen LogP contribution in [0.15, 0.2) is 122 Å². The van der Waals surface area contributed by atoms with E-state index < -0.39 is 36.6 Å². The number of carbonyl (C=O) groups excluding carboxylic acids is 5. The number of imidazole rings is 2. The van der Waals surface area contributed by atoms with Crippen LogP contribution in [0.4, 0.5) is 53.6 Å². The summed E-state index contributed by atoms with van der Waals surface area (Å²) in [5.74, 6) is -0.178. The van der Waals surface area contributed by atoms with Gasteiger partial charge in [-0.05, 0) is 172 Å². The lowest BCUT2D eigenvalue weighted by Gasteiger charge is -2.29. The van der Waals surface area contributed by atoms with Crippen LogP contribution in [0.3, 0.4) is 0 Å². The molecule has 7 aliphatic rings. The number of nitrogens with two attached hydrogens (primary N) is 2. The number of ether oxygens (including phenoxy) is 4. The maximum Gasteiger partial charge on any atom is 0.319 e. The van der Waals surface area contributed by atoms with E-state index in [4.69, 9.17) is 30.4 Å².